The van der Waals surface area contributed by atoms with Gasteiger partial charge in [0.2, 0.25) is 11.8 Å². The van der Waals surface area contributed by atoms with Gasteiger partial charge < -0.3 is 9.80 Å². The predicted octanol–water partition coefficient (Wildman–Crippen LogP) is 1.89. The van der Waals surface area contributed by atoms with Crippen molar-refractivity contribution in [1.82, 2.24) is 9.80 Å². The Bertz CT molecular complexity index is 347. The molecule has 4 nitrogen and oxygen atoms in total. The third kappa shape index (κ3) is 3.48. The normalized spacial score (nSPS) is 24.4. The molecule has 0 aromatic rings. The molecular weight excluding hydrogens is 240 g/mol. The molecule has 0 spiro atoms. The maximum Gasteiger partial charge on any atom is 0.225 e. The number of carbonyl (C=O) groups excluding carboxylic acids is 2. The molecule has 108 valence electrons. The summed E-state index contributed by atoms with van der Waals surface area (Å²) in [5, 5.41) is 0. The van der Waals surface area contributed by atoms with E-state index in [4.69, 9.17) is 0 Å². The minimum absolute atomic E-state index is 0.130. The third-order valence-corrected chi connectivity index (χ3v) is 4.72. The van der Waals surface area contributed by atoms with Crippen LogP contribution in [0.5, 0.6) is 0 Å². The van der Waals surface area contributed by atoms with E-state index in [1.165, 1.54) is 0 Å². The zero-order valence-corrected chi connectivity index (χ0v) is 12.4. The van der Waals surface area contributed by atoms with Gasteiger partial charge in [0.1, 0.15) is 0 Å². The van der Waals surface area contributed by atoms with Gasteiger partial charge in [-0.05, 0) is 31.1 Å². The van der Waals surface area contributed by atoms with Crippen LogP contribution < -0.4 is 0 Å². The van der Waals surface area contributed by atoms with E-state index in [1.807, 2.05) is 9.80 Å². The van der Waals surface area contributed by atoms with Crippen molar-refractivity contribution < 1.29 is 9.59 Å². The monoisotopic (exact) mass is 266 g/mol. The molecule has 2 aliphatic rings. The molecule has 0 unspecified atom stereocenters. The van der Waals surface area contributed by atoms with E-state index in [9.17, 15) is 9.59 Å². The molecule has 0 N–H and O–H groups in total. The van der Waals surface area contributed by atoms with Gasteiger partial charge in [-0.25, -0.2) is 0 Å². The lowest BCUT2D eigenvalue weighted by Gasteiger charge is -2.40. The quantitative estimate of drug-likeness (QED) is 0.727. The number of nitrogens with zero attached hydrogens (tertiary/aromatic N) is 2. The summed E-state index contributed by atoms with van der Waals surface area (Å²) in [4.78, 5) is 27.6. The topological polar surface area (TPSA) is 40.6 Å². The largest absolute Gasteiger partial charge is 0.343 e. The maximum absolute atomic E-state index is 12.5. The second-order valence-corrected chi connectivity index (χ2v) is 6.77. The highest BCUT2D eigenvalue weighted by atomic mass is 16.2. The Kier molecular flexibility index (Phi) is 4.16. The van der Waals surface area contributed by atoms with Crippen molar-refractivity contribution in [2.24, 2.45) is 11.3 Å². The molecule has 2 aliphatic heterocycles. The number of piperidine rings is 2. The Morgan fingerprint density at radius 2 is 1.47 bits per heavy atom. The molecule has 0 aromatic heterocycles. The molecule has 2 saturated heterocycles. The van der Waals surface area contributed by atoms with Crippen molar-refractivity contribution in [1.29, 1.82) is 0 Å². The summed E-state index contributed by atoms with van der Waals surface area (Å²) >= 11 is 0. The fraction of sp³-hybridized carbons (Fsp3) is 0.867. The van der Waals surface area contributed by atoms with E-state index in [0.717, 1.165) is 51.9 Å². The number of likely N-dealkylation sites (tertiary alicyclic amines) is 2. The van der Waals surface area contributed by atoms with E-state index < -0.39 is 0 Å². The molecule has 0 radical (unpaired) electrons. The predicted molar refractivity (Wildman–Crippen MR) is 74.6 cm³/mol. The molecule has 0 saturated carbocycles. The summed E-state index contributed by atoms with van der Waals surface area (Å²) < 4.78 is 0. The van der Waals surface area contributed by atoms with Crippen LogP contribution in [0.1, 0.15) is 46.5 Å². The molecule has 19 heavy (non-hydrogen) atoms. The van der Waals surface area contributed by atoms with Gasteiger partial charge in [0.05, 0.1) is 0 Å². The molecule has 0 aromatic carbocycles. The summed E-state index contributed by atoms with van der Waals surface area (Å²) in [6, 6.07) is 0. The van der Waals surface area contributed by atoms with Crippen molar-refractivity contribution >= 4 is 11.8 Å². The zero-order valence-electron chi connectivity index (χ0n) is 12.4. The van der Waals surface area contributed by atoms with Crippen LogP contribution in [0.15, 0.2) is 0 Å². The Balaban J connectivity index is 1.83. The van der Waals surface area contributed by atoms with Gasteiger partial charge in [-0.2, -0.15) is 0 Å². The first-order valence-corrected chi connectivity index (χ1v) is 7.43. The molecule has 2 heterocycles. The molecule has 2 rings (SSSR count). The standard InChI is InChI=1S/C15H26N2O2/c1-12(18)16-8-4-13(5-9-16)14(19)17-10-6-15(2,3)7-11-17/h13H,4-11H2,1-3H3. The number of amides is 2. The summed E-state index contributed by atoms with van der Waals surface area (Å²) in [7, 11) is 0. The summed E-state index contributed by atoms with van der Waals surface area (Å²) in [5.74, 6) is 0.584. The van der Waals surface area contributed by atoms with E-state index in [-0.39, 0.29) is 11.8 Å². The lowest BCUT2D eigenvalue weighted by Crippen LogP contribution is -2.47. The van der Waals surface area contributed by atoms with E-state index >= 15 is 0 Å². The van der Waals surface area contributed by atoms with Gasteiger partial charge in [0.25, 0.3) is 0 Å². The first kappa shape index (κ1) is 14.4. The van der Waals surface area contributed by atoms with E-state index in [1.54, 1.807) is 6.92 Å². The highest BCUT2D eigenvalue weighted by Gasteiger charge is 2.33. The van der Waals surface area contributed by atoms with Crippen LogP contribution in [0.25, 0.3) is 0 Å². The number of hydrogen-bond donors (Lipinski definition) is 0. The highest BCUT2D eigenvalue weighted by Crippen LogP contribution is 2.31. The smallest absolute Gasteiger partial charge is 0.225 e. The van der Waals surface area contributed by atoms with Crippen LogP contribution in [-0.2, 0) is 9.59 Å². The molecule has 0 atom stereocenters. The molecular formula is C15H26N2O2. The van der Waals surface area contributed by atoms with E-state index in [2.05, 4.69) is 13.8 Å². The second kappa shape index (κ2) is 5.51. The van der Waals surface area contributed by atoms with Crippen LogP contribution in [0.2, 0.25) is 0 Å². The number of rotatable bonds is 1. The fourth-order valence-electron chi connectivity index (χ4n) is 3.03. The number of carbonyl (C=O) groups is 2. The van der Waals surface area contributed by atoms with Gasteiger partial charge in [-0.15, -0.1) is 0 Å². The summed E-state index contributed by atoms with van der Waals surface area (Å²) in [6.45, 7) is 9.45. The zero-order chi connectivity index (χ0) is 14.0. The molecule has 0 aliphatic carbocycles. The van der Waals surface area contributed by atoms with Crippen molar-refractivity contribution in [3.05, 3.63) is 0 Å². The van der Waals surface area contributed by atoms with Gasteiger partial charge in [-0.1, -0.05) is 13.8 Å². The molecule has 2 fully saturated rings. The lowest BCUT2D eigenvalue weighted by atomic mass is 9.82. The van der Waals surface area contributed by atoms with Gasteiger partial charge in [-0.3, -0.25) is 9.59 Å². The summed E-state index contributed by atoms with van der Waals surface area (Å²) in [5.41, 5.74) is 0.384. The first-order chi connectivity index (χ1) is 8.89. The minimum Gasteiger partial charge on any atom is -0.343 e. The Hall–Kier alpha value is -1.06. The molecule has 2 amide bonds. The Labute approximate surface area is 116 Å². The van der Waals surface area contributed by atoms with E-state index in [0.29, 0.717) is 11.3 Å². The van der Waals surface area contributed by atoms with Crippen molar-refractivity contribution in [3.63, 3.8) is 0 Å². The van der Waals surface area contributed by atoms with Crippen LogP contribution in [0.3, 0.4) is 0 Å². The van der Waals surface area contributed by atoms with Crippen LogP contribution >= 0.6 is 0 Å². The first-order valence-electron chi connectivity index (χ1n) is 7.43. The van der Waals surface area contributed by atoms with Crippen molar-refractivity contribution in [2.75, 3.05) is 26.2 Å². The van der Waals surface area contributed by atoms with Crippen LogP contribution in [-0.4, -0.2) is 47.8 Å². The van der Waals surface area contributed by atoms with Gasteiger partial charge in [0, 0.05) is 39.0 Å². The second-order valence-electron chi connectivity index (χ2n) is 6.77. The Morgan fingerprint density at radius 3 is 1.95 bits per heavy atom. The molecule has 0 bridgehead atoms. The van der Waals surface area contributed by atoms with Crippen molar-refractivity contribution in [3.8, 4) is 0 Å². The van der Waals surface area contributed by atoms with Gasteiger partial charge in [0.15, 0.2) is 0 Å². The lowest BCUT2D eigenvalue weighted by molar-refractivity contribution is -0.141. The maximum atomic E-state index is 12.5. The van der Waals surface area contributed by atoms with Crippen molar-refractivity contribution in [2.45, 2.75) is 46.5 Å². The van der Waals surface area contributed by atoms with Crippen LogP contribution in [0.4, 0.5) is 0 Å². The number of hydrogen-bond acceptors (Lipinski definition) is 2. The summed E-state index contributed by atoms with van der Waals surface area (Å²) in [6.07, 6.45) is 3.87. The molecule has 4 heteroatoms. The Morgan fingerprint density at radius 1 is 0.947 bits per heavy atom. The SMILES string of the molecule is CC(=O)N1CCC(C(=O)N2CCC(C)(C)CC2)CC1. The van der Waals surface area contributed by atoms with Gasteiger partial charge >= 0.3 is 0 Å². The minimum atomic E-state index is 0.130. The highest BCUT2D eigenvalue weighted by molar-refractivity contribution is 5.79. The average Bonchev–Trinajstić information content (AvgIpc) is 2.38. The fourth-order valence-corrected chi connectivity index (χ4v) is 3.03. The average molecular weight is 266 g/mol. The van der Waals surface area contributed by atoms with Crippen LogP contribution in [0, 0.1) is 11.3 Å². The third-order valence-electron chi connectivity index (χ3n) is 4.72.